The highest BCUT2D eigenvalue weighted by molar-refractivity contribution is 7.89. The number of ether oxygens (including phenoxy) is 1. The van der Waals surface area contributed by atoms with Crippen LogP contribution < -0.4 is 9.46 Å². The number of methoxy groups -OCH3 is 1. The Morgan fingerprint density at radius 1 is 1.56 bits per heavy atom. The van der Waals surface area contributed by atoms with E-state index in [9.17, 15) is 13.2 Å². The molecule has 0 amide bonds. The maximum Gasteiger partial charge on any atom is 0.339 e. The van der Waals surface area contributed by atoms with Crippen molar-refractivity contribution in [3.8, 4) is 11.9 Å². The topological polar surface area (TPSA) is 116 Å². The second kappa shape index (κ2) is 5.12. The van der Waals surface area contributed by atoms with E-state index < -0.39 is 32.2 Å². The van der Waals surface area contributed by atoms with E-state index in [2.05, 4.69) is 0 Å². The molecule has 96 valence electrons. The quantitative estimate of drug-likeness (QED) is 0.626. The average Bonchev–Trinajstić information content (AvgIpc) is 2.27. The Morgan fingerprint density at radius 3 is 2.61 bits per heavy atom. The molecule has 0 spiro atoms. The van der Waals surface area contributed by atoms with Crippen molar-refractivity contribution in [2.24, 2.45) is 0 Å². The van der Waals surface area contributed by atoms with Gasteiger partial charge in [0.1, 0.15) is 10.5 Å². The third-order valence-corrected chi connectivity index (χ3v) is 3.38. The Kier molecular flexibility index (Phi) is 4.00. The van der Waals surface area contributed by atoms with Gasteiger partial charge in [-0.2, -0.15) is 5.26 Å². The van der Waals surface area contributed by atoms with Gasteiger partial charge in [0, 0.05) is 5.02 Å². The monoisotopic (exact) mass is 290 g/mol. The van der Waals surface area contributed by atoms with Gasteiger partial charge < -0.3 is 9.84 Å². The third-order valence-electron chi connectivity index (χ3n) is 1.92. The summed E-state index contributed by atoms with van der Waals surface area (Å²) in [6.45, 7) is 0. The molecule has 1 aromatic carbocycles. The second-order valence-corrected chi connectivity index (χ2v) is 5.09. The van der Waals surface area contributed by atoms with Gasteiger partial charge in [-0.25, -0.2) is 17.9 Å². The van der Waals surface area contributed by atoms with E-state index in [1.807, 2.05) is 0 Å². The molecule has 0 unspecified atom stereocenters. The zero-order chi connectivity index (χ0) is 13.9. The first-order valence-corrected chi connectivity index (χ1v) is 6.21. The average molecular weight is 291 g/mol. The molecule has 0 radical (unpaired) electrons. The molecule has 0 aliphatic carbocycles. The van der Waals surface area contributed by atoms with Gasteiger partial charge in [0.15, 0.2) is 11.9 Å². The summed E-state index contributed by atoms with van der Waals surface area (Å²) in [5.41, 5.74) is -0.414. The lowest BCUT2D eigenvalue weighted by Gasteiger charge is -2.11. The molecular formula is C9H7ClN2O5S. The predicted molar refractivity (Wildman–Crippen MR) is 60.9 cm³/mol. The minimum absolute atomic E-state index is 0.105. The van der Waals surface area contributed by atoms with Gasteiger partial charge in [0.05, 0.1) is 7.11 Å². The number of nitriles is 1. The molecule has 0 saturated carbocycles. The van der Waals surface area contributed by atoms with Crippen molar-refractivity contribution in [1.29, 1.82) is 5.26 Å². The number of carbonyl (C=O) groups is 1. The molecule has 1 rings (SSSR count). The molecule has 0 aliphatic rings. The fourth-order valence-corrected chi connectivity index (χ4v) is 2.49. The van der Waals surface area contributed by atoms with Crippen molar-refractivity contribution >= 4 is 27.6 Å². The van der Waals surface area contributed by atoms with Crippen molar-refractivity contribution in [2.45, 2.75) is 4.90 Å². The summed E-state index contributed by atoms with van der Waals surface area (Å²) in [4.78, 5) is 10.4. The van der Waals surface area contributed by atoms with Crippen LogP contribution in [0.25, 0.3) is 0 Å². The number of halogens is 1. The SMILES string of the molecule is COc1c(C(=O)O)cc(Cl)cc1S(=O)(=O)NC#N. The Hall–Kier alpha value is -1.98. The molecule has 0 aromatic heterocycles. The molecule has 0 heterocycles. The van der Waals surface area contributed by atoms with Gasteiger partial charge >= 0.3 is 5.97 Å². The number of hydrogen-bond acceptors (Lipinski definition) is 5. The molecule has 18 heavy (non-hydrogen) atoms. The number of carboxylic acids is 1. The van der Waals surface area contributed by atoms with Crippen LogP contribution in [0.1, 0.15) is 10.4 Å². The van der Waals surface area contributed by atoms with Crippen molar-refractivity contribution in [3.63, 3.8) is 0 Å². The standard InChI is InChI=1S/C9H7ClN2O5S/c1-17-8-6(9(13)14)2-5(10)3-7(8)18(15,16)12-4-11/h2-3,12H,1H3,(H,13,14). The summed E-state index contributed by atoms with van der Waals surface area (Å²) in [5.74, 6) is -1.79. The zero-order valence-electron chi connectivity index (χ0n) is 8.97. The largest absolute Gasteiger partial charge is 0.494 e. The summed E-state index contributed by atoms with van der Waals surface area (Å²) < 4.78 is 29.7. The van der Waals surface area contributed by atoms with E-state index in [0.29, 0.717) is 0 Å². The summed E-state index contributed by atoms with van der Waals surface area (Å²) >= 11 is 5.64. The number of aromatic carboxylic acids is 1. The lowest BCUT2D eigenvalue weighted by Crippen LogP contribution is -2.20. The van der Waals surface area contributed by atoms with Gasteiger partial charge in [-0.1, -0.05) is 11.6 Å². The van der Waals surface area contributed by atoms with Gasteiger partial charge in [-0.05, 0) is 12.1 Å². The van der Waals surface area contributed by atoms with Gasteiger partial charge in [0.2, 0.25) is 0 Å². The minimum Gasteiger partial charge on any atom is -0.494 e. The smallest absolute Gasteiger partial charge is 0.339 e. The summed E-state index contributed by atoms with van der Waals surface area (Å²) in [5, 5.41) is 17.2. The normalized spacial score (nSPS) is 10.5. The lowest BCUT2D eigenvalue weighted by molar-refractivity contribution is 0.0693. The molecule has 0 fully saturated rings. The number of hydrogen-bond donors (Lipinski definition) is 2. The van der Waals surface area contributed by atoms with Crippen molar-refractivity contribution in [1.82, 2.24) is 4.72 Å². The lowest BCUT2D eigenvalue weighted by atomic mass is 10.2. The van der Waals surface area contributed by atoms with Crippen LogP contribution in [0.3, 0.4) is 0 Å². The fraction of sp³-hybridized carbons (Fsp3) is 0.111. The summed E-state index contributed by atoms with van der Waals surface area (Å²) in [6.07, 6.45) is 1.24. The number of benzene rings is 1. The van der Waals surface area contributed by atoms with Gasteiger partial charge in [-0.3, -0.25) is 0 Å². The maximum atomic E-state index is 11.7. The fourth-order valence-electron chi connectivity index (χ4n) is 1.25. The third kappa shape index (κ3) is 2.64. The van der Waals surface area contributed by atoms with Crippen LogP contribution in [0.2, 0.25) is 5.02 Å². The first kappa shape index (κ1) is 14.1. The van der Waals surface area contributed by atoms with Crippen LogP contribution in [0.4, 0.5) is 0 Å². The Labute approximate surface area is 108 Å². The van der Waals surface area contributed by atoms with E-state index in [-0.39, 0.29) is 5.02 Å². The van der Waals surface area contributed by atoms with E-state index in [0.717, 1.165) is 19.2 Å². The number of sulfonamides is 1. The van der Waals surface area contributed by atoms with Crippen LogP contribution in [0, 0.1) is 11.5 Å². The maximum absolute atomic E-state index is 11.7. The highest BCUT2D eigenvalue weighted by Crippen LogP contribution is 2.31. The molecule has 2 N–H and O–H groups in total. The molecule has 0 aliphatic heterocycles. The van der Waals surface area contributed by atoms with Gasteiger partial charge in [0.25, 0.3) is 10.0 Å². The molecule has 9 heteroatoms. The highest BCUT2D eigenvalue weighted by atomic mass is 35.5. The van der Waals surface area contributed by atoms with E-state index >= 15 is 0 Å². The van der Waals surface area contributed by atoms with E-state index in [1.165, 1.54) is 6.19 Å². The van der Waals surface area contributed by atoms with Gasteiger partial charge in [-0.15, -0.1) is 0 Å². The van der Waals surface area contributed by atoms with Crippen LogP contribution >= 0.6 is 11.6 Å². The summed E-state index contributed by atoms with van der Waals surface area (Å²) in [6, 6.07) is 2.04. The van der Waals surface area contributed by atoms with E-state index in [4.69, 9.17) is 26.7 Å². The Morgan fingerprint density at radius 2 is 2.17 bits per heavy atom. The predicted octanol–water partition coefficient (Wildman–Crippen LogP) is 0.806. The number of carboxylic acid groups (broad SMARTS) is 1. The van der Waals surface area contributed by atoms with Crippen LogP contribution in [0.5, 0.6) is 5.75 Å². The Balaban J connectivity index is 3.65. The first-order chi connectivity index (χ1) is 8.33. The number of rotatable bonds is 4. The first-order valence-electron chi connectivity index (χ1n) is 4.35. The molecule has 7 nitrogen and oxygen atoms in total. The minimum atomic E-state index is -4.22. The highest BCUT2D eigenvalue weighted by Gasteiger charge is 2.25. The molecule has 0 saturated heterocycles. The molecule has 1 aromatic rings. The Bertz CT molecular complexity index is 635. The molecule has 0 bridgehead atoms. The number of nitrogens with one attached hydrogen (secondary N) is 1. The summed E-state index contributed by atoms with van der Waals surface area (Å²) in [7, 11) is -3.10. The van der Waals surface area contributed by atoms with Crippen LogP contribution in [-0.4, -0.2) is 26.6 Å². The van der Waals surface area contributed by atoms with Crippen molar-refractivity contribution < 1.29 is 23.1 Å². The van der Waals surface area contributed by atoms with Crippen molar-refractivity contribution in [3.05, 3.63) is 22.7 Å². The molecule has 0 atom stereocenters. The van der Waals surface area contributed by atoms with E-state index in [1.54, 1.807) is 4.72 Å². The zero-order valence-corrected chi connectivity index (χ0v) is 10.5. The number of nitrogens with zero attached hydrogens (tertiary/aromatic N) is 1. The van der Waals surface area contributed by atoms with Crippen LogP contribution in [0.15, 0.2) is 17.0 Å². The second-order valence-electron chi connectivity index (χ2n) is 3.01. The molecular weight excluding hydrogens is 284 g/mol. The van der Waals surface area contributed by atoms with Crippen molar-refractivity contribution in [2.75, 3.05) is 7.11 Å². The van der Waals surface area contributed by atoms with Crippen LogP contribution in [-0.2, 0) is 10.0 Å².